The summed E-state index contributed by atoms with van der Waals surface area (Å²) in [6.45, 7) is 2.68. The van der Waals surface area contributed by atoms with Gasteiger partial charge in [0.15, 0.2) is 17.2 Å². The van der Waals surface area contributed by atoms with Crippen molar-refractivity contribution in [2.45, 2.75) is 26.0 Å². The summed E-state index contributed by atoms with van der Waals surface area (Å²) in [5.74, 6) is 0.657. The average Bonchev–Trinajstić information content (AvgIpc) is 3.78. The number of carbonyl (C=O) groups excluding carboxylic acids is 1. The molecule has 1 aliphatic rings. The van der Waals surface area contributed by atoms with Crippen LogP contribution in [0.15, 0.2) is 70.4 Å². The van der Waals surface area contributed by atoms with E-state index in [9.17, 15) is 4.79 Å². The first kappa shape index (κ1) is 26.9. The van der Waals surface area contributed by atoms with Gasteiger partial charge in [0.05, 0.1) is 13.3 Å². The largest absolute Gasteiger partial charge is 0.493 e. The van der Waals surface area contributed by atoms with E-state index in [-0.39, 0.29) is 17.3 Å². The molecule has 214 valence electrons. The van der Waals surface area contributed by atoms with Gasteiger partial charge in [0.1, 0.15) is 12.3 Å². The summed E-state index contributed by atoms with van der Waals surface area (Å²) in [7, 11) is 1.57. The first-order valence-electron chi connectivity index (χ1n) is 13.5. The number of fused-ring (bicyclic) bond motifs is 1. The molecular weight excluding hydrogens is 538 g/mol. The van der Waals surface area contributed by atoms with Crippen molar-refractivity contribution in [1.82, 2.24) is 35.6 Å². The van der Waals surface area contributed by atoms with Crippen molar-refractivity contribution >= 4 is 28.7 Å². The van der Waals surface area contributed by atoms with Crippen LogP contribution in [0.4, 0.5) is 5.82 Å². The number of carbonyl (C=O) groups is 1. The van der Waals surface area contributed by atoms with Crippen molar-refractivity contribution in [1.29, 1.82) is 0 Å². The van der Waals surface area contributed by atoms with Gasteiger partial charge in [0, 0.05) is 6.54 Å². The molecule has 0 bridgehead atoms. The fraction of sp³-hybridized carbons (Fsp3) is 0.241. The molecule has 0 aliphatic carbocycles. The Bertz CT molecular complexity index is 1740. The molecule has 0 radical (unpaired) electrons. The molecule has 5 aromatic rings. The van der Waals surface area contributed by atoms with Gasteiger partial charge < -0.3 is 15.2 Å². The van der Waals surface area contributed by atoms with Gasteiger partial charge in [-0.05, 0) is 76.3 Å². The first-order chi connectivity index (χ1) is 20.6. The molecule has 2 aromatic heterocycles. The molecule has 1 saturated heterocycles. The number of nitrogen functional groups attached to an aromatic ring is 1. The SMILES string of the molecule is COc1cc(/C=N/NC(=O)c2c(CN3CCCC3)nnn2-c2nonc2N)ccc1OCc1cccc2ccccc12. The zero-order chi connectivity index (χ0) is 28.9. The normalized spacial score (nSPS) is 13.6. The number of ether oxygens (including phenoxy) is 2. The summed E-state index contributed by atoms with van der Waals surface area (Å²) < 4.78 is 17.6. The van der Waals surface area contributed by atoms with E-state index in [0.717, 1.165) is 42.3 Å². The number of hydrogen-bond acceptors (Lipinski definition) is 11. The zero-order valence-electron chi connectivity index (χ0n) is 22.9. The van der Waals surface area contributed by atoms with Crippen LogP contribution in [0.1, 0.15) is 40.2 Å². The van der Waals surface area contributed by atoms with Gasteiger partial charge in [-0.2, -0.15) is 9.78 Å². The highest BCUT2D eigenvalue weighted by Gasteiger charge is 2.27. The predicted molar refractivity (Wildman–Crippen MR) is 154 cm³/mol. The van der Waals surface area contributed by atoms with E-state index >= 15 is 0 Å². The lowest BCUT2D eigenvalue weighted by Gasteiger charge is -2.13. The van der Waals surface area contributed by atoms with Crippen LogP contribution in [0, 0.1) is 0 Å². The highest BCUT2D eigenvalue weighted by atomic mass is 16.6. The van der Waals surface area contributed by atoms with E-state index in [4.69, 9.17) is 19.8 Å². The predicted octanol–water partition coefficient (Wildman–Crippen LogP) is 3.33. The van der Waals surface area contributed by atoms with Crippen molar-refractivity contribution in [3.8, 4) is 17.3 Å². The Kier molecular flexibility index (Phi) is 7.72. The number of hydrogen-bond donors (Lipinski definition) is 2. The van der Waals surface area contributed by atoms with Crippen LogP contribution >= 0.6 is 0 Å². The van der Waals surface area contributed by atoms with Crippen LogP contribution in [-0.4, -0.2) is 62.5 Å². The average molecular weight is 568 g/mol. The lowest BCUT2D eigenvalue weighted by molar-refractivity contribution is 0.0945. The number of rotatable bonds is 10. The van der Waals surface area contributed by atoms with Gasteiger partial charge >= 0.3 is 0 Å². The molecule has 0 spiro atoms. The Morgan fingerprint density at radius 1 is 1.10 bits per heavy atom. The molecule has 0 saturated carbocycles. The summed E-state index contributed by atoms with van der Waals surface area (Å²) in [5, 5.41) is 22.1. The number of benzene rings is 3. The Balaban J connectivity index is 1.16. The number of nitrogens with one attached hydrogen (secondary N) is 1. The van der Waals surface area contributed by atoms with Gasteiger partial charge in [-0.3, -0.25) is 9.69 Å². The van der Waals surface area contributed by atoms with Crippen molar-refractivity contribution in [2.75, 3.05) is 25.9 Å². The second-order valence-electron chi connectivity index (χ2n) is 9.79. The Morgan fingerprint density at radius 2 is 1.93 bits per heavy atom. The molecule has 42 heavy (non-hydrogen) atoms. The van der Waals surface area contributed by atoms with E-state index in [0.29, 0.717) is 35.9 Å². The van der Waals surface area contributed by atoms with Gasteiger partial charge in [0.25, 0.3) is 5.91 Å². The lowest BCUT2D eigenvalue weighted by atomic mass is 10.1. The van der Waals surface area contributed by atoms with Crippen molar-refractivity contribution in [3.63, 3.8) is 0 Å². The zero-order valence-corrected chi connectivity index (χ0v) is 22.9. The van der Waals surface area contributed by atoms with E-state index in [1.165, 1.54) is 10.9 Å². The van der Waals surface area contributed by atoms with Crippen LogP contribution in [0.25, 0.3) is 16.6 Å². The molecule has 6 rings (SSSR count). The Hall–Kier alpha value is -5.30. The molecule has 13 nitrogen and oxygen atoms in total. The highest BCUT2D eigenvalue weighted by molar-refractivity contribution is 5.95. The number of anilines is 1. The smallest absolute Gasteiger partial charge is 0.292 e. The number of aromatic nitrogens is 5. The van der Waals surface area contributed by atoms with Crippen molar-refractivity contribution in [3.05, 3.63) is 83.2 Å². The summed E-state index contributed by atoms with van der Waals surface area (Å²) >= 11 is 0. The molecule has 3 heterocycles. The number of hydrazone groups is 1. The van der Waals surface area contributed by atoms with E-state index < -0.39 is 5.91 Å². The monoisotopic (exact) mass is 567 g/mol. The standard InChI is InChI=1S/C29H29N9O4/c1-40-25-15-19(11-12-24(25)41-18-21-9-6-8-20-7-2-3-10-22(20)21)16-31-33-29(39)26-23(17-37-13-4-5-14-37)32-36-38(26)28-27(30)34-42-35-28/h2-3,6-12,15-16H,4-5,13-14,17-18H2,1H3,(H2,30,34)(H,33,39)/b31-16+. The van der Waals surface area contributed by atoms with Crippen molar-refractivity contribution in [2.24, 2.45) is 5.10 Å². The van der Waals surface area contributed by atoms with E-state index in [1.54, 1.807) is 19.2 Å². The second-order valence-corrected chi connectivity index (χ2v) is 9.79. The third kappa shape index (κ3) is 5.63. The number of likely N-dealkylation sites (tertiary alicyclic amines) is 1. The van der Waals surface area contributed by atoms with Crippen LogP contribution in [-0.2, 0) is 13.2 Å². The van der Waals surface area contributed by atoms with Crippen LogP contribution in [0.3, 0.4) is 0 Å². The maximum atomic E-state index is 13.3. The van der Waals surface area contributed by atoms with Crippen molar-refractivity contribution < 1.29 is 18.9 Å². The third-order valence-corrected chi connectivity index (χ3v) is 7.05. The maximum Gasteiger partial charge on any atom is 0.292 e. The minimum atomic E-state index is -0.533. The molecule has 1 fully saturated rings. The summed E-state index contributed by atoms with van der Waals surface area (Å²) in [6.07, 6.45) is 3.70. The fourth-order valence-electron chi connectivity index (χ4n) is 4.96. The number of amides is 1. The Morgan fingerprint density at radius 3 is 2.74 bits per heavy atom. The molecule has 13 heteroatoms. The topological polar surface area (TPSA) is 159 Å². The molecule has 1 aliphatic heterocycles. The maximum absolute atomic E-state index is 13.3. The van der Waals surface area contributed by atoms with Gasteiger partial charge in [0.2, 0.25) is 11.6 Å². The van der Waals surface area contributed by atoms with Gasteiger partial charge in [-0.25, -0.2) is 10.1 Å². The van der Waals surface area contributed by atoms with E-state index in [2.05, 4.69) is 54.3 Å². The van der Waals surface area contributed by atoms with Gasteiger partial charge in [-0.15, -0.1) is 5.10 Å². The Labute approximate surface area is 240 Å². The third-order valence-electron chi connectivity index (χ3n) is 7.05. The van der Waals surface area contributed by atoms with Gasteiger partial charge in [-0.1, -0.05) is 47.7 Å². The molecule has 1 amide bonds. The molecule has 3 N–H and O–H groups in total. The number of nitrogens with two attached hydrogens (primary N) is 1. The van der Waals surface area contributed by atoms with Crippen LogP contribution < -0.4 is 20.6 Å². The summed E-state index contributed by atoms with van der Waals surface area (Å²) in [5.41, 5.74) is 10.8. The lowest BCUT2D eigenvalue weighted by Crippen LogP contribution is -2.26. The summed E-state index contributed by atoms with van der Waals surface area (Å²) in [4.78, 5) is 15.5. The minimum Gasteiger partial charge on any atom is -0.493 e. The quantitative estimate of drug-likeness (QED) is 0.189. The number of nitrogens with zero attached hydrogens (tertiary/aromatic N) is 7. The van der Waals surface area contributed by atoms with E-state index in [1.807, 2.05) is 30.3 Å². The fourth-order valence-corrected chi connectivity index (χ4v) is 4.96. The second kappa shape index (κ2) is 12.1. The molecule has 0 atom stereocenters. The molecule has 0 unspecified atom stereocenters. The van der Waals surface area contributed by atoms with Crippen LogP contribution in [0.2, 0.25) is 0 Å². The summed E-state index contributed by atoms with van der Waals surface area (Å²) in [6, 6.07) is 19.7. The number of methoxy groups -OCH3 is 1. The minimum absolute atomic E-state index is 0.0139. The molecule has 3 aromatic carbocycles. The van der Waals surface area contributed by atoms with Crippen LogP contribution in [0.5, 0.6) is 11.5 Å². The highest BCUT2D eigenvalue weighted by Crippen LogP contribution is 2.29. The first-order valence-corrected chi connectivity index (χ1v) is 13.5. The molecular formula is C29H29N9O4.